The molecule has 0 unspecified atom stereocenters. The minimum atomic E-state index is -3.77. The summed E-state index contributed by atoms with van der Waals surface area (Å²) in [6.45, 7) is 2.57. The Balaban J connectivity index is 1.76. The van der Waals surface area contributed by atoms with Crippen LogP contribution in [0.4, 0.5) is 5.69 Å². The smallest absolute Gasteiger partial charge is 0.291 e. The summed E-state index contributed by atoms with van der Waals surface area (Å²) in [6.07, 6.45) is 1.56. The topological polar surface area (TPSA) is 92.0 Å². The molecule has 1 amide bonds. The van der Waals surface area contributed by atoms with Gasteiger partial charge in [0.1, 0.15) is 5.84 Å². The third kappa shape index (κ3) is 3.99. The Morgan fingerprint density at radius 2 is 2.00 bits per heavy atom. The molecule has 1 N–H and O–H groups in total. The van der Waals surface area contributed by atoms with Crippen LogP contribution in [-0.4, -0.2) is 38.7 Å². The van der Waals surface area contributed by atoms with Crippen molar-refractivity contribution in [3.05, 3.63) is 46.3 Å². The predicted molar refractivity (Wildman–Crippen MR) is 102 cm³/mol. The predicted octanol–water partition coefficient (Wildman–Crippen LogP) is 3.42. The van der Waals surface area contributed by atoms with Gasteiger partial charge in [0.15, 0.2) is 10.4 Å². The number of nitrogens with zero attached hydrogens (tertiary/aromatic N) is 2. The third-order valence-electron chi connectivity index (χ3n) is 4.06. The van der Waals surface area contributed by atoms with E-state index in [9.17, 15) is 13.2 Å². The monoisotopic (exact) mass is 439 g/mol. The maximum Gasteiger partial charge on any atom is 0.291 e. The van der Waals surface area contributed by atoms with Crippen molar-refractivity contribution in [2.45, 2.75) is 24.7 Å². The van der Waals surface area contributed by atoms with Crippen molar-refractivity contribution in [3.63, 3.8) is 0 Å². The van der Waals surface area contributed by atoms with Gasteiger partial charge >= 0.3 is 0 Å². The van der Waals surface area contributed by atoms with Crippen molar-refractivity contribution in [2.75, 3.05) is 18.9 Å². The van der Waals surface area contributed by atoms with E-state index in [1.54, 1.807) is 13.0 Å². The minimum Gasteiger partial charge on any atom is -0.444 e. The number of hydrogen-bond donors (Lipinski definition) is 1. The fourth-order valence-corrected chi connectivity index (χ4v) is 4.27. The molecule has 0 bridgehead atoms. The number of likely N-dealkylation sites (tertiary alicyclic amines) is 1. The molecule has 1 aliphatic heterocycles. The number of halogens is 1. The highest BCUT2D eigenvalue weighted by atomic mass is 79.9. The van der Waals surface area contributed by atoms with Gasteiger partial charge in [0, 0.05) is 31.3 Å². The molecule has 1 saturated heterocycles. The van der Waals surface area contributed by atoms with E-state index in [-0.39, 0.29) is 10.7 Å². The van der Waals surface area contributed by atoms with Gasteiger partial charge in [-0.2, -0.15) is 8.42 Å². The Morgan fingerprint density at radius 1 is 1.31 bits per heavy atom. The molecule has 3 rings (SSSR count). The number of benzene rings is 1. The van der Waals surface area contributed by atoms with Crippen molar-refractivity contribution in [2.24, 2.45) is 4.40 Å². The number of rotatable bonds is 4. The number of sulfonamides is 1. The molecule has 1 aromatic heterocycles. The summed E-state index contributed by atoms with van der Waals surface area (Å²) >= 11 is 3.18. The third-order valence-corrected chi connectivity index (χ3v) is 5.77. The molecule has 2 heterocycles. The van der Waals surface area contributed by atoms with E-state index in [1.165, 1.54) is 24.3 Å². The summed E-state index contributed by atoms with van der Waals surface area (Å²) in [5.41, 5.74) is 1.16. The molecule has 0 spiro atoms. The number of nitrogens with one attached hydrogen (secondary N) is 1. The second-order valence-corrected chi connectivity index (χ2v) is 8.43. The van der Waals surface area contributed by atoms with Crippen molar-refractivity contribution >= 4 is 43.4 Å². The largest absolute Gasteiger partial charge is 0.444 e. The first-order chi connectivity index (χ1) is 12.3. The maximum absolute atomic E-state index is 12.4. The van der Waals surface area contributed by atoms with Gasteiger partial charge < -0.3 is 14.6 Å². The lowest BCUT2D eigenvalue weighted by molar-refractivity contribution is 0.0994. The molecule has 0 atom stereocenters. The lowest BCUT2D eigenvalue weighted by Gasteiger charge is -2.11. The average Bonchev–Trinajstić information content (AvgIpc) is 3.12. The fraction of sp³-hybridized carbons (Fsp3) is 0.294. The molecule has 26 heavy (non-hydrogen) atoms. The summed E-state index contributed by atoms with van der Waals surface area (Å²) in [6, 6.07) is 7.60. The first-order valence-corrected chi connectivity index (χ1v) is 10.2. The number of amidine groups is 1. The van der Waals surface area contributed by atoms with Crippen LogP contribution in [0.3, 0.4) is 0 Å². The van der Waals surface area contributed by atoms with Crippen LogP contribution in [0.2, 0.25) is 0 Å². The van der Waals surface area contributed by atoms with Crippen molar-refractivity contribution in [3.8, 4) is 0 Å². The SMILES string of the molecule is Cc1cc(Br)oc1C(=O)Nc1ccc(S(=O)(=O)/N=C2\CCCN2C)cc1. The molecule has 2 aromatic rings. The molecule has 0 aliphatic carbocycles. The second-order valence-electron chi connectivity index (χ2n) is 6.05. The molecule has 0 saturated carbocycles. The van der Waals surface area contributed by atoms with Crippen LogP contribution in [0.5, 0.6) is 0 Å². The number of anilines is 1. The quantitative estimate of drug-likeness (QED) is 0.787. The zero-order chi connectivity index (χ0) is 18.9. The van der Waals surface area contributed by atoms with Crippen LogP contribution >= 0.6 is 15.9 Å². The van der Waals surface area contributed by atoms with Gasteiger partial charge in [0.05, 0.1) is 4.90 Å². The summed E-state index contributed by atoms with van der Waals surface area (Å²) in [4.78, 5) is 14.2. The number of amides is 1. The normalized spacial score (nSPS) is 16.3. The zero-order valence-electron chi connectivity index (χ0n) is 14.3. The molecule has 0 radical (unpaired) electrons. The van der Waals surface area contributed by atoms with Crippen LogP contribution in [-0.2, 0) is 10.0 Å². The van der Waals surface area contributed by atoms with Gasteiger partial charge in [-0.1, -0.05) is 0 Å². The van der Waals surface area contributed by atoms with Crippen LogP contribution in [0.15, 0.2) is 48.7 Å². The Labute approximate surface area is 160 Å². The van der Waals surface area contributed by atoms with E-state index in [0.717, 1.165) is 13.0 Å². The van der Waals surface area contributed by atoms with Gasteiger partial charge in [-0.3, -0.25) is 4.79 Å². The summed E-state index contributed by atoms with van der Waals surface area (Å²) in [5.74, 6) is 0.363. The molecule has 1 aliphatic rings. The summed E-state index contributed by atoms with van der Waals surface area (Å²) in [7, 11) is -1.94. The summed E-state index contributed by atoms with van der Waals surface area (Å²) < 4.78 is 34.5. The van der Waals surface area contributed by atoms with Crippen molar-refractivity contribution < 1.29 is 17.6 Å². The van der Waals surface area contributed by atoms with Gasteiger partial charge in [-0.25, -0.2) is 0 Å². The first-order valence-electron chi connectivity index (χ1n) is 7.98. The second kappa shape index (κ2) is 7.24. The van der Waals surface area contributed by atoms with E-state index in [2.05, 4.69) is 25.6 Å². The highest BCUT2D eigenvalue weighted by Gasteiger charge is 2.20. The van der Waals surface area contributed by atoms with Gasteiger partial charge in [-0.15, -0.1) is 4.40 Å². The Bertz CT molecular complexity index is 964. The van der Waals surface area contributed by atoms with E-state index < -0.39 is 15.9 Å². The number of carbonyl (C=O) groups excluding carboxylic acids is 1. The molecule has 1 aromatic carbocycles. The van der Waals surface area contributed by atoms with E-state index in [1.807, 2.05) is 11.9 Å². The average molecular weight is 440 g/mol. The standard InChI is InChI=1S/C17H18BrN3O4S/c1-11-10-14(18)25-16(11)17(22)19-12-5-7-13(8-6-12)26(23,24)20-15-4-3-9-21(15)2/h5-8,10H,3-4,9H2,1-2H3,(H,19,22)/b20-15+. The highest BCUT2D eigenvalue weighted by molar-refractivity contribution is 9.10. The van der Waals surface area contributed by atoms with Crippen molar-refractivity contribution in [1.29, 1.82) is 0 Å². The minimum absolute atomic E-state index is 0.0835. The van der Waals surface area contributed by atoms with Crippen LogP contribution in [0.1, 0.15) is 29.0 Å². The number of furan rings is 1. The fourth-order valence-electron chi connectivity index (χ4n) is 2.67. The first kappa shape index (κ1) is 18.7. The maximum atomic E-state index is 12.4. The zero-order valence-corrected chi connectivity index (χ0v) is 16.7. The molecular formula is C17H18BrN3O4S. The number of carbonyl (C=O) groups is 1. The molecular weight excluding hydrogens is 422 g/mol. The van der Waals surface area contributed by atoms with E-state index >= 15 is 0 Å². The summed E-state index contributed by atoms with van der Waals surface area (Å²) in [5, 5.41) is 2.68. The Kier molecular flexibility index (Phi) is 5.19. The molecule has 7 nitrogen and oxygen atoms in total. The Morgan fingerprint density at radius 3 is 2.54 bits per heavy atom. The highest BCUT2D eigenvalue weighted by Crippen LogP contribution is 2.22. The number of hydrogen-bond acceptors (Lipinski definition) is 4. The Hall–Kier alpha value is -2.13. The molecule has 1 fully saturated rings. The van der Waals surface area contributed by atoms with Crippen molar-refractivity contribution in [1.82, 2.24) is 4.90 Å². The number of aryl methyl sites for hydroxylation is 1. The lowest BCUT2D eigenvalue weighted by atomic mass is 10.2. The van der Waals surface area contributed by atoms with Crippen LogP contribution in [0.25, 0.3) is 0 Å². The van der Waals surface area contributed by atoms with Gasteiger partial charge in [0.25, 0.3) is 15.9 Å². The van der Waals surface area contributed by atoms with Gasteiger partial charge in [-0.05, 0) is 59.6 Å². The van der Waals surface area contributed by atoms with E-state index in [4.69, 9.17) is 4.42 Å². The van der Waals surface area contributed by atoms with Gasteiger partial charge in [0.2, 0.25) is 0 Å². The molecule has 138 valence electrons. The van der Waals surface area contributed by atoms with Crippen LogP contribution < -0.4 is 5.32 Å². The van der Waals surface area contributed by atoms with E-state index in [0.29, 0.717) is 28.2 Å². The lowest BCUT2D eigenvalue weighted by Crippen LogP contribution is -2.20. The van der Waals surface area contributed by atoms with Crippen LogP contribution in [0, 0.1) is 6.92 Å². The molecule has 9 heteroatoms.